The third-order valence-electron chi connectivity index (χ3n) is 7.56. The van der Waals surface area contributed by atoms with Crippen LogP contribution in [0.5, 0.6) is 0 Å². The predicted octanol–water partition coefficient (Wildman–Crippen LogP) is 11.3. The minimum absolute atomic E-state index is 0.897. The molecule has 6 aromatic carbocycles. The molecule has 0 spiro atoms. The zero-order valence-corrected chi connectivity index (χ0v) is 22.9. The number of fused-ring (bicyclic) bond motifs is 8. The van der Waals surface area contributed by atoms with Crippen LogP contribution in [-0.2, 0) is 0 Å². The summed E-state index contributed by atoms with van der Waals surface area (Å²) < 4.78 is 9.12. The van der Waals surface area contributed by atoms with E-state index in [0.29, 0.717) is 0 Å². The number of rotatable bonds is 4. The molecule has 2 heterocycles. The van der Waals surface area contributed by atoms with Gasteiger partial charge in [-0.25, -0.2) is 0 Å². The van der Waals surface area contributed by atoms with E-state index in [0.717, 1.165) is 39.0 Å². The maximum atomic E-state index is 6.51. The Labute approximate surface area is 234 Å². The van der Waals surface area contributed by atoms with Crippen molar-refractivity contribution in [3.05, 3.63) is 121 Å². The van der Waals surface area contributed by atoms with Crippen molar-refractivity contribution in [2.75, 3.05) is 11.2 Å². The molecule has 0 atom stereocenters. The highest BCUT2D eigenvalue weighted by atomic mass is 32.2. The molecule has 2 aromatic heterocycles. The van der Waals surface area contributed by atoms with E-state index >= 15 is 0 Å². The van der Waals surface area contributed by atoms with Crippen molar-refractivity contribution in [1.29, 1.82) is 0 Å². The molecule has 0 saturated carbocycles. The molecule has 186 valence electrons. The topological polar surface area (TPSA) is 16.4 Å². The van der Waals surface area contributed by atoms with Gasteiger partial charge in [-0.3, -0.25) is 0 Å². The first-order chi connectivity index (χ1) is 19.3. The molecule has 0 amide bonds. The van der Waals surface area contributed by atoms with Gasteiger partial charge in [0, 0.05) is 47.2 Å². The fraction of sp³-hybridized carbons (Fsp3) is 0.0286. The first-order valence-corrected chi connectivity index (χ1v) is 15.0. The maximum absolute atomic E-state index is 6.51. The minimum Gasteiger partial charge on any atom is -0.454 e. The highest BCUT2D eigenvalue weighted by Crippen LogP contribution is 2.45. The number of nitrogens with zero attached hydrogens (tertiary/aromatic N) is 1. The highest BCUT2D eigenvalue weighted by molar-refractivity contribution is 7.98. The van der Waals surface area contributed by atoms with Gasteiger partial charge in [0.1, 0.15) is 5.58 Å². The number of furan rings is 1. The molecule has 0 fully saturated rings. The first kappa shape index (κ1) is 22.7. The molecule has 4 heteroatoms. The molecule has 39 heavy (non-hydrogen) atoms. The molecule has 0 saturated heterocycles. The van der Waals surface area contributed by atoms with Crippen molar-refractivity contribution in [3.63, 3.8) is 0 Å². The van der Waals surface area contributed by atoms with Gasteiger partial charge >= 0.3 is 0 Å². The van der Waals surface area contributed by atoms with Gasteiger partial charge in [0.2, 0.25) is 0 Å². The van der Waals surface area contributed by atoms with E-state index in [9.17, 15) is 0 Å². The molecule has 8 aromatic rings. The van der Waals surface area contributed by atoms with Crippen molar-refractivity contribution in [2.45, 2.75) is 4.90 Å². The van der Waals surface area contributed by atoms with Crippen molar-refractivity contribution in [2.24, 2.45) is 0 Å². The quantitative estimate of drug-likeness (QED) is 0.208. The van der Waals surface area contributed by atoms with Gasteiger partial charge < -0.3 is 9.32 Å². The maximum Gasteiger partial charge on any atom is 0.159 e. The highest BCUT2D eigenvalue weighted by Gasteiger charge is 2.20. The molecule has 0 bridgehead atoms. The van der Waals surface area contributed by atoms with Gasteiger partial charge in [-0.1, -0.05) is 60.7 Å². The Morgan fingerprint density at radius 3 is 2.23 bits per heavy atom. The van der Waals surface area contributed by atoms with E-state index in [1.165, 1.54) is 35.8 Å². The van der Waals surface area contributed by atoms with Crippen LogP contribution in [0.15, 0.2) is 131 Å². The van der Waals surface area contributed by atoms with Crippen molar-refractivity contribution in [1.82, 2.24) is 0 Å². The molecule has 0 aliphatic carbocycles. The number of hydrogen-bond acceptors (Lipinski definition) is 4. The second-order valence-electron chi connectivity index (χ2n) is 9.73. The predicted molar refractivity (Wildman–Crippen MR) is 171 cm³/mol. The van der Waals surface area contributed by atoms with Gasteiger partial charge in [-0.15, -0.1) is 23.1 Å². The molecule has 0 aliphatic heterocycles. The van der Waals surface area contributed by atoms with Crippen LogP contribution in [0.25, 0.3) is 52.9 Å². The van der Waals surface area contributed by atoms with Gasteiger partial charge in [0.25, 0.3) is 0 Å². The third-order valence-corrected chi connectivity index (χ3v) is 9.44. The van der Waals surface area contributed by atoms with Crippen LogP contribution in [0.1, 0.15) is 0 Å². The average molecular weight is 538 g/mol. The standard InChI is InChI=1S/C35H23NOS2/c1-38-25-17-14-23(15-18-25)36(30-11-6-10-28-27-9-4-5-12-31(27)37-35(28)30)24-16-20-32-29(21-24)34-26-8-3-2-7-22(26)13-19-33(34)39-32/h2-21H,1H3. The number of benzene rings is 6. The van der Waals surface area contributed by atoms with E-state index in [1.807, 2.05) is 23.5 Å². The number of para-hydroxylation sites is 2. The summed E-state index contributed by atoms with van der Waals surface area (Å²) in [6.45, 7) is 0. The van der Waals surface area contributed by atoms with Gasteiger partial charge in [0.05, 0.1) is 5.69 Å². The molecule has 0 N–H and O–H groups in total. The lowest BCUT2D eigenvalue weighted by atomic mass is 10.0. The first-order valence-electron chi connectivity index (χ1n) is 13.0. The molecule has 8 rings (SSSR count). The summed E-state index contributed by atoms with van der Waals surface area (Å²) in [4.78, 5) is 3.58. The number of anilines is 3. The van der Waals surface area contributed by atoms with E-state index < -0.39 is 0 Å². The Morgan fingerprint density at radius 2 is 1.36 bits per heavy atom. The van der Waals surface area contributed by atoms with Crippen LogP contribution in [0, 0.1) is 0 Å². The summed E-state index contributed by atoms with van der Waals surface area (Å²) in [7, 11) is 0. The smallest absolute Gasteiger partial charge is 0.159 e. The van der Waals surface area contributed by atoms with Crippen molar-refractivity contribution >= 4 is 93.0 Å². The Kier molecular flexibility index (Phi) is 5.19. The normalized spacial score (nSPS) is 11.8. The van der Waals surface area contributed by atoms with E-state index in [-0.39, 0.29) is 0 Å². The molecule has 0 unspecified atom stereocenters. The minimum atomic E-state index is 0.897. The molecule has 0 radical (unpaired) electrons. The molecular weight excluding hydrogens is 515 g/mol. The number of thioether (sulfide) groups is 1. The zero-order chi connectivity index (χ0) is 25.9. The van der Waals surface area contributed by atoms with Crippen molar-refractivity contribution < 1.29 is 4.42 Å². The summed E-state index contributed by atoms with van der Waals surface area (Å²) in [5, 5.41) is 7.45. The van der Waals surface area contributed by atoms with Gasteiger partial charge in [0.15, 0.2) is 5.58 Å². The Hall–Kier alpha value is -4.25. The van der Waals surface area contributed by atoms with Crippen LogP contribution >= 0.6 is 23.1 Å². The third kappa shape index (κ3) is 3.56. The fourth-order valence-corrected chi connectivity index (χ4v) is 7.25. The van der Waals surface area contributed by atoms with Crippen LogP contribution < -0.4 is 4.90 Å². The van der Waals surface area contributed by atoms with Crippen molar-refractivity contribution in [3.8, 4) is 0 Å². The molecule has 2 nitrogen and oxygen atoms in total. The lowest BCUT2D eigenvalue weighted by Gasteiger charge is -2.26. The monoisotopic (exact) mass is 537 g/mol. The number of thiophene rings is 1. The summed E-state index contributed by atoms with van der Waals surface area (Å²) in [6.07, 6.45) is 2.11. The lowest BCUT2D eigenvalue weighted by molar-refractivity contribution is 0.669. The Bertz CT molecular complexity index is 2170. The Balaban J connectivity index is 1.42. The Morgan fingerprint density at radius 1 is 0.615 bits per heavy atom. The van der Waals surface area contributed by atoms with E-state index in [1.54, 1.807) is 11.8 Å². The second-order valence-corrected chi connectivity index (χ2v) is 11.7. The summed E-state index contributed by atoms with van der Waals surface area (Å²) in [5.41, 5.74) is 5.05. The van der Waals surface area contributed by atoms with E-state index in [4.69, 9.17) is 4.42 Å². The van der Waals surface area contributed by atoms with Crippen LogP contribution in [0.4, 0.5) is 17.1 Å². The average Bonchev–Trinajstić information content (AvgIpc) is 3.56. The molecular formula is C35H23NOS2. The summed E-state index contributed by atoms with van der Waals surface area (Å²) >= 11 is 3.62. The summed E-state index contributed by atoms with van der Waals surface area (Å²) in [6, 6.07) is 43.6. The lowest BCUT2D eigenvalue weighted by Crippen LogP contribution is -2.10. The van der Waals surface area contributed by atoms with Gasteiger partial charge in [-0.2, -0.15) is 0 Å². The van der Waals surface area contributed by atoms with Crippen LogP contribution in [0.3, 0.4) is 0 Å². The van der Waals surface area contributed by atoms with E-state index in [2.05, 4.69) is 120 Å². The van der Waals surface area contributed by atoms with Crippen LogP contribution in [-0.4, -0.2) is 6.26 Å². The van der Waals surface area contributed by atoms with Crippen LogP contribution in [0.2, 0.25) is 0 Å². The summed E-state index contributed by atoms with van der Waals surface area (Å²) in [5.74, 6) is 0. The second kappa shape index (κ2) is 8.91. The van der Waals surface area contributed by atoms with Gasteiger partial charge in [-0.05, 0) is 77.7 Å². The SMILES string of the molecule is CSc1ccc(N(c2ccc3sc4ccc5ccccc5c4c3c2)c2cccc3c2oc2ccccc23)cc1. The fourth-order valence-electron chi connectivity index (χ4n) is 5.74. The largest absolute Gasteiger partial charge is 0.454 e. The molecule has 0 aliphatic rings. The zero-order valence-electron chi connectivity index (χ0n) is 21.2. The number of hydrogen-bond donors (Lipinski definition) is 0.